The fourth-order valence-electron chi connectivity index (χ4n) is 3.45. The molecule has 0 aromatic carbocycles. The van der Waals surface area contributed by atoms with Gasteiger partial charge in [-0.2, -0.15) is 0 Å². The van der Waals surface area contributed by atoms with Crippen LogP contribution in [0.5, 0.6) is 0 Å². The van der Waals surface area contributed by atoms with Gasteiger partial charge in [-0.15, -0.1) is 11.3 Å². The standard InChI is InChI=1S/C17H28OS/c1-4-5-6-14-7-9-15(10-8-14)16(18)17-12(2)11-13(3)19-17/h11,14-16,18H,4-10H2,1-3H3. The molecule has 0 bridgehead atoms. The van der Waals surface area contributed by atoms with Crippen molar-refractivity contribution in [1.29, 1.82) is 0 Å². The Morgan fingerprint density at radius 1 is 1.26 bits per heavy atom. The molecule has 19 heavy (non-hydrogen) atoms. The summed E-state index contributed by atoms with van der Waals surface area (Å²) in [5.74, 6) is 1.42. The highest BCUT2D eigenvalue weighted by atomic mass is 32.1. The second-order valence-electron chi connectivity index (χ2n) is 6.27. The van der Waals surface area contributed by atoms with E-state index in [0.717, 1.165) is 5.92 Å². The van der Waals surface area contributed by atoms with E-state index >= 15 is 0 Å². The quantitative estimate of drug-likeness (QED) is 0.766. The summed E-state index contributed by atoms with van der Waals surface area (Å²) in [6, 6.07) is 2.20. The van der Waals surface area contributed by atoms with Crippen LogP contribution in [0.1, 0.15) is 73.3 Å². The van der Waals surface area contributed by atoms with Crippen molar-refractivity contribution in [2.75, 3.05) is 0 Å². The number of rotatable bonds is 5. The minimum absolute atomic E-state index is 0.217. The molecular formula is C17H28OS. The van der Waals surface area contributed by atoms with E-state index in [9.17, 15) is 5.11 Å². The molecule has 1 fully saturated rings. The van der Waals surface area contributed by atoms with E-state index in [0.29, 0.717) is 5.92 Å². The Kier molecular flexibility index (Phi) is 5.47. The number of hydrogen-bond donors (Lipinski definition) is 1. The topological polar surface area (TPSA) is 20.2 Å². The smallest absolute Gasteiger partial charge is 0.0912 e. The van der Waals surface area contributed by atoms with Gasteiger partial charge in [-0.1, -0.05) is 39.0 Å². The van der Waals surface area contributed by atoms with Gasteiger partial charge in [0.05, 0.1) is 6.10 Å². The first kappa shape index (κ1) is 15.1. The summed E-state index contributed by atoms with van der Waals surface area (Å²) < 4.78 is 0. The SMILES string of the molecule is CCCCC1CCC(C(O)c2sc(C)cc2C)CC1. The van der Waals surface area contributed by atoms with E-state index in [4.69, 9.17) is 0 Å². The van der Waals surface area contributed by atoms with Crippen molar-refractivity contribution in [3.63, 3.8) is 0 Å². The molecule has 1 aliphatic carbocycles. The number of aryl methyl sites for hydroxylation is 2. The monoisotopic (exact) mass is 280 g/mol. The summed E-state index contributed by atoms with van der Waals surface area (Å²) in [5, 5.41) is 10.6. The van der Waals surface area contributed by atoms with E-state index in [-0.39, 0.29) is 6.10 Å². The summed E-state index contributed by atoms with van der Waals surface area (Å²) in [6.07, 6.45) is 8.95. The Balaban J connectivity index is 1.89. The second kappa shape index (κ2) is 6.90. The summed E-state index contributed by atoms with van der Waals surface area (Å²) in [5.41, 5.74) is 1.28. The van der Waals surface area contributed by atoms with Crippen LogP contribution in [-0.4, -0.2) is 5.11 Å². The van der Waals surface area contributed by atoms with Crippen molar-refractivity contribution < 1.29 is 5.11 Å². The number of aliphatic hydroxyl groups is 1. The molecule has 1 heterocycles. The van der Waals surface area contributed by atoms with Gasteiger partial charge in [0.1, 0.15) is 0 Å². The first-order chi connectivity index (χ1) is 9.11. The maximum Gasteiger partial charge on any atom is 0.0912 e. The minimum Gasteiger partial charge on any atom is -0.387 e. The van der Waals surface area contributed by atoms with Crippen LogP contribution < -0.4 is 0 Å². The predicted octanol–water partition coefficient (Wildman–Crippen LogP) is 5.39. The zero-order chi connectivity index (χ0) is 13.8. The Bertz CT molecular complexity index is 388. The molecule has 0 saturated heterocycles. The summed E-state index contributed by atoms with van der Waals surface area (Å²) >= 11 is 1.78. The molecule has 1 aromatic rings. The third kappa shape index (κ3) is 3.82. The van der Waals surface area contributed by atoms with Crippen LogP contribution in [0.15, 0.2) is 6.07 Å². The van der Waals surface area contributed by atoms with Crippen LogP contribution >= 0.6 is 11.3 Å². The van der Waals surface area contributed by atoms with Gasteiger partial charge in [-0.05, 0) is 50.2 Å². The molecule has 1 saturated carbocycles. The molecule has 0 spiro atoms. The van der Waals surface area contributed by atoms with Crippen LogP contribution in [0.2, 0.25) is 0 Å². The molecule has 1 nitrogen and oxygen atoms in total. The van der Waals surface area contributed by atoms with Crippen molar-refractivity contribution in [2.24, 2.45) is 11.8 Å². The van der Waals surface area contributed by atoms with Crippen molar-refractivity contribution >= 4 is 11.3 Å². The summed E-state index contributed by atoms with van der Waals surface area (Å²) in [4.78, 5) is 2.54. The Labute approximate surface area is 122 Å². The second-order valence-corrected chi connectivity index (χ2v) is 7.56. The molecule has 1 aromatic heterocycles. The van der Waals surface area contributed by atoms with Gasteiger partial charge in [0.25, 0.3) is 0 Å². The number of thiophene rings is 1. The van der Waals surface area contributed by atoms with Crippen LogP contribution in [-0.2, 0) is 0 Å². The average molecular weight is 280 g/mol. The molecule has 0 radical (unpaired) electrons. The first-order valence-electron chi connectivity index (χ1n) is 7.86. The van der Waals surface area contributed by atoms with E-state index in [1.54, 1.807) is 11.3 Å². The largest absolute Gasteiger partial charge is 0.387 e. The molecule has 1 atom stereocenters. The molecule has 1 N–H and O–H groups in total. The first-order valence-corrected chi connectivity index (χ1v) is 8.68. The fraction of sp³-hybridized carbons (Fsp3) is 0.765. The molecule has 0 amide bonds. The molecule has 2 rings (SSSR count). The number of unbranched alkanes of at least 4 members (excludes halogenated alkanes) is 1. The Morgan fingerprint density at radius 2 is 1.95 bits per heavy atom. The summed E-state index contributed by atoms with van der Waals surface area (Å²) in [7, 11) is 0. The van der Waals surface area contributed by atoms with Gasteiger partial charge >= 0.3 is 0 Å². The number of aliphatic hydroxyl groups excluding tert-OH is 1. The van der Waals surface area contributed by atoms with Crippen LogP contribution in [0.25, 0.3) is 0 Å². The normalized spacial score (nSPS) is 25.5. The lowest BCUT2D eigenvalue weighted by Gasteiger charge is -2.31. The maximum atomic E-state index is 10.6. The van der Waals surface area contributed by atoms with Crippen LogP contribution in [0, 0.1) is 25.7 Å². The average Bonchev–Trinajstić information content (AvgIpc) is 2.75. The fourth-order valence-corrected chi connectivity index (χ4v) is 4.57. The van der Waals surface area contributed by atoms with Gasteiger partial charge in [-0.25, -0.2) is 0 Å². The lowest BCUT2D eigenvalue weighted by atomic mass is 9.77. The van der Waals surface area contributed by atoms with E-state index in [1.165, 1.54) is 60.3 Å². The van der Waals surface area contributed by atoms with Gasteiger partial charge in [0.2, 0.25) is 0 Å². The Morgan fingerprint density at radius 3 is 2.47 bits per heavy atom. The van der Waals surface area contributed by atoms with Crippen LogP contribution in [0.4, 0.5) is 0 Å². The predicted molar refractivity (Wildman–Crippen MR) is 83.7 cm³/mol. The third-order valence-corrected chi connectivity index (χ3v) is 5.88. The Hall–Kier alpha value is -0.340. The third-order valence-electron chi connectivity index (χ3n) is 4.65. The van der Waals surface area contributed by atoms with E-state index in [2.05, 4.69) is 26.8 Å². The highest BCUT2D eigenvalue weighted by Crippen LogP contribution is 2.41. The highest BCUT2D eigenvalue weighted by Gasteiger charge is 2.28. The zero-order valence-corrected chi connectivity index (χ0v) is 13.4. The van der Waals surface area contributed by atoms with Crippen molar-refractivity contribution in [1.82, 2.24) is 0 Å². The van der Waals surface area contributed by atoms with Crippen molar-refractivity contribution in [2.45, 2.75) is 71.8 Å². The molecule has 1 unspecified atom stereocenters. The van der Waals surface area contributed by atoms with Gasteiger partial charge in [-0.3, -0.25) is 0 Å². The lowest BCUT2D eigenvalue weighted by Crippen LogP contribution is -2.20. The van der Waals surface area contributed by atoms with E-state index < -0.39 is 0 Å². The molecule has 108 valence electrons. The van der Waals surface area contributed by atoms with E-state index in [1.807, 2.05) is 0 Å². The van der Waals surface area contributed by atoms with Crippen molar-refractivity contribution in [3.05, 3.63) is 21.4 Å². The highest BCUT2D eigenvalue weighted by molar-refractivity contribution is 7.12. The van der Waals surface area contributed by atoms with Gasteiger partial charge in [0, 0.05) is 9.75 Å². The van der Waals surface area contributed by atoms with Gasteiger partial charge in [0.15, 0.2) is 0 Å². The summed E-state index contributed by atoms with van der Waals surface area (Å²) in [6.45, 7) is 6.54. The molecular weight excluding hydrogens is 252 g/mol. The van der Waals surface area contributed by atoms with Crippen molar-refractivity contribution in [3.8, 4) is 0 Å². The van der Waals surface area contributed by atoms with Gasteiger partial charge < -0.3 is 5.11 Å². The molecule has 1 aliphatic rings. The lowest BCUT2D eigenvalue weighted by molar-refractivity contribution is 0.0743. The molecule has 2 heteroatoms. The zero-order valence-electron chi connectivity index (χ0n) is 12.6. The number of hydrogen-bond acceptors (Lipinski definition) is 2. The molecule has 0 aliphatic heterocycles. The maximum absolute atomic E-state index is 10.6. The minimum atomic E-state index is -0.217. The van der Waals surface area contributed by atoms with Crippen LogP contribution in [0.3, 0.4) is 0 Å².